The van der Waals surface area contributed by atoms with Crippen LogP contribution in [0.3, 0.4) is 0 Å². The average Bonchev–Trinajstić information content (AvgIpc) is 1.82. The highest BCUT2D eigenvalue weighted by molar-refractivity contribution is 4.88. The monoisotopic (exact) mass is 187 g/mol. The summed E-state index contributed by atoms with van der Waals surface area (Å²) in [4.78, 5) is 0. The molecule has 0 aromatic heterocycles. The maximum atomic E-state index is 10.3. The van der Waals surface area contributed by atoms with E-state index in [2.05, 4.69) is 27.7 Å². The molecule has 2 nitrogen and oxygen atoms in total. The molecule has 0 fully saturated rings. The zero-order valence-corrected chi connectivity index (χ0v) is 9.67. The number of rotatable bonds is 5. The molecule has 0 aliphatic heterocycles. The van der Waals surface area contributed by atoms with Crippen LogP contribution in [0, 0.1) is 11.8 Å². The fourth-order valence-corrected chi connectivity index (χ4v) is 1.87. The van der Waals surface area contributed by atoms with Gasteiger partial charge in [0.25, 0.3) is 0 Å². The first-order valence-electron chi connectivity index (χ1n) is 5.26. The molecule has 0 aliphatic rings. The van der Waals surface area contributed by atoms with E-state index in [1.807, 2.05) is 6.92 Å². The lowest BCUT2D eigenvalue weighted by Gasteiger charge is -2.35. The standard InChI is InChI=1S/C11H25NO/c1-8(2)6-11(13,10(5)12)7-9(3)4/h8-10,13H,6-7,12H2,1-5H3. The largest absolute Gasteiger partial charge is 0.388 e. The number of hydrogen-bond acceptors (Lipinski definition) is 2. The molecule has 0 radical (unpaired) electrons. The lowest BCUT2D eigenvalue weighted by atomic mass is 9.80. The summed E-state index contributed by atoms with van der Waals surface area (Å²) in [7, 11) is 0. The zero-order valence-electron chi connectivity index (χ0n) is 9.67. The fourth-order valence-electron chi connectivity index (χ4n) is 1.87. The number of hydrogen-bond donors (Lipinski definition) is 2. The van der Waals surface area contributed by atoms with E-state index in [0.29, 0.717) is 11.8 Å². The molecule has 0 aliphatic carbocycles. The van der Waals surface area contributed by atoms with Gasteiger partial charge in [-0.15, -0.1) is 0 Å². The minimum absolute atomic E-state index is 0.141. The van der Waals surface area contributed by atoms with Gasteiger partial charge >= 0.3 is 0 Å². The predicted octanol–water partition coefficient (Wildman–Crippen LogP) is 2.16. The van der Waals surface area contributed by atoms with Gasteiger partial charge in [-0.25, -0.2) is 0 Å². The van der Waals surface area contributed by atoms with Crippen LogP contribution in [0.5, 0.6) is 0 Å². The Labute approximate surface area is 82.5 Å². The summed E-state index contributed by atoms with van der Waals surface area (Å²) in [6, 6.07) is -0.141. The second kappa shape index (κ2) is 4.97. The van der Waals surface area contributed by atoms with Gasteiger partial charge in [0.15, 0.2) is 0 Å². The van der Waals surface area contributed by atoms with Crippen molar-refractivity contribution >= 4 is 0 Å². The van der Waals surface area contributed by atoms with Crippen LogP contribution in [0.2, 0.25) is 0 Å². The van der Waals surface area contributed by atoms with Crippen LogP contribution in [0.15, 0.2) is 0 Å². The van der Waals surface area contributed by atoms with Gasteiger partial charge < -0.3 is 10.8 Å². The van der Waals surface area contributed by atoms with Crippen LogP contribution in [0.25, 0.3) is 0 Å². The van der Waals surface area contributed by atoms with Gasteiger partial charge in [-0.3, -0.25) is 0 Å². The first-order valence-corrected chi connectivity index (χ1v) is 5.26. The molecule has 1 atom stereocenters. The van der Waals surface area contributed by atoms with Gasteiger partial charge in [0, 0.05) is 6.04 Å². The Morgan fingerprint density at radius 1 is 1.00 bits per heavy atom. The molecule has 0 aromatic carbocycles. The van der Waals surface area contributed by atoms with Crippen LogP contribution >= 0.6 is 0 Å². The highest BCUT2D eigenvalue weighted by Gasteiger charge is 2.32. The molecular weight excluding hydrogens is 162 g/mol. The molecule has 0 rings (SSSR count). The summed E-state index contributed by atoms with van der Waals surface area (Å²) in [6.07, 6.45) is 1.59. The van der Waals surface area contributed by atoms with Crippen molar-refractivity contribution in [3.05, 3.63) is 0 Å². The van der Waals surface area contributed by atoms with Crippen molar-refractivity contribution in [3.8, 4) is 0 Å². The molecule has 0 spiro atoms. The van der Waals surface area contributed by atoms with E-state index < -0.39 is 5.60 Å². The Kier molecular flexibility index (Phi) is 4.93. The van der Waals surface area contributed by atoms with Crippen molar-refractivity contribution in [2.75, 3.05) is 0 Å². The zero-order chi connectivity index (χ0) is 10.6. The fraction of sp³-hybridized carbons (Fsp3) is 1.00. The third-order valence-electron chi connectivity index (χ3n) is 2.37. The second-order valence-corrected chi connectivity index (χ2v) is 5.09. The van der Waals surface area contributed by atoms with Gasteiger partial charge in [-0.05, 0) is 31.6 Å². The van der Waals surface area contributed by atoms with E-state index >= 15 is 0 Å². The minimum atomic E-state index is -0.678. The topological polar surface area (TPSA) is 46.2 Å². The third-order valence-corrected chi connectivity index (χ3v) is 2.37. The molecule has 1 unspecified atom stereocenters. The van der Waals surface area contributed by atoms with Crippen molar-refractivity contribution < 1.29 is 5.11 Å². The second-order valence-electron chi connectivity index (χ2n) is 5.09. The molecule has 0 saturated carbocycles. The average molecular weight is 187 g/mol. The van der Waals surface area contributed by atoms with E-state index in [-0.39, 0.29) is 6.04 Å². The summed E-state index contributed by atoms with van der Waals surface area (Å²) in [5.41, 5.74) is 5.14. The van der Waals surface area contributed by atoms with E-state index in [1.165, 1.54) is 0 Å². The quantitative estimate of drug-likeness (QED) is 0.693. The lowest BCUT2D eigenvalue weighted by Crippen LogP contribution is -2.47. The molecule has 0 bridgehead atoms. The Balaban J connectivity index is 4.34. The maximum absolute atomic E-state index is 10.3. The molecule has 0 amide bonds. The van der Waals surface area contributed by atoms with Gasteiger partial charge in [0.2, 0.25) is 0 Å². The predicted molar refractivity (Wildman–Crippen MR) is 57.5 cm³/mol. The summed E-state index contributed by atoms with van der Waals surface area (Å²) >= 11 is 0. The number of nitrogens with two attached hydrogens (primary N) is 1. The Morgan fingerprint density at radius 3 is 1.46 bits per heavy atom. The molecule has 0 heterocycles. The summed E-state index contributed by atoms with van der Waals surface area (Å²) in [5.74, 6) is 0.990. The van der Waals surface area contributed by atoms with E-state index in [9.17, 15) is 5.11 Å². The minimum Gasteiger partial charge on any atom is -0.388 e. The highest BCUT2D eigenvalue weighted by Crippen LogP contribution is 2.27. The van der Waals surface area contributed by atoms with Gasteiger partial charge in [0.05, 0.1) is 5.60 Å². The van der Waals surface area contributed by atoms with Crippen LogP contribution in [-0.4, -0.2) is 16.7 Å². The van der Waals surface area contributed by atoms with Gasteiger partial charge in [0.1, 0.15) is 0 Å². The Hall–Kier alpha value is -0.0800. The Bertz CT molecular complexity index is 131. The van der Waals surface area contributed by atoms with Crippen molar-refractivity contribution in [1.82, 2.24) is 0 Å². The summed E-state index contributed by atoms with van der Waals surface area (Å²) in [6.45, 7) is 10.4. The summed E-state index contributed by atoms with van der Waals surface area (Å²) < 4.78 is 0. The first-order chi connectivity index (χ1) is 5.78. The molecule has 2 heteroatoms. The van der Waals surface area contributed by atoms with Gasteiger partial charge in [-0.1, -0.05) is 27.7 Å². The summed E-state index contributed by atoms with van der Waals surface area (Å²) in [5, 5.41) is 10.3. The highest BCUT2D eigenvalue weighted by atomic mass is 16.3. The van der Waals surface area contributed by atoms with E-state index in [4.69, 9.17) is 5.73 Å². The Morgan fingerprint density at radius 2 is 1.31 bits per heavy atom. The van der Waals surface area contributed by atoms with Gasteiger partial charge in [-0.2, -0.15) is 0 Å². The lowest BCUT2D eigenvalue weighted by molar-refractivity contribution is -0.0179. The molecule has 80 valence electrons. The van der Waals surface area contributed by atoms with Crippen LogP contribution in [0.1, 0.15) is 47.5 Å². The molecule has 0 aromatic rings. The van der Waals surface area contributed by atoms with Crippen molar-refractivity contribution in [3.63, 3.8) is 0 Å². The van der Waals surface area contributed by atoms with Crippen LogP contribution in [0.4, 0.5) is 0 Å². The maximum Gasteiger partial charge on any atom is 0.0800 e. The van der Waals surface area contributed by atoms with Crippen molar-refractivity contribution in [2.24, 2.45) is 17.6 Å². The SMILES string of the molecule is CC(C)CC(O)(CC(C)C)C(C)N. The van der Waals surface area contributed by atoms with Crippen LogP contribution < -0.4 is 5.73 Å². The third kappa shape index (κ3) is 4.63. The van der Waals surface area contributed by atoms with E-state index in [1.54, 1.807) is 0 Å². The molecule has 0 saturated heterocycles. The molecule has 13 heavy (non-hydrogen) atoms. The van der Waals surface area contributed by atoms with Crippen molar-refractivity contribution in [1.29, 1.82) is 0 Å². The van der Waals surface area contributed by atoms with Crippen molar-refractivity contribution in [2.45, 2.75) is 59.1 Å². The molecule has 3 N–H and O–H groups in total. The first kappa shape index (κ1) is 12.9. The molecular formula is C11H25NO. The van der Waals surface area contributed by atoms with Crippen LogP contribution in [-0.2, 0) is 0 Å². The smallest absolute Gasteiger partial charge is 0.0800 e. The number of aliphatic hydroxyl groups is 1. The normalized spacial score (nSPS) is 15.5. The van der Waals surface area contributed by atoms with E-state index in [0.717, 1.165) is 12.8 Å².